The molecule has 0 aliphatic rings. The van der Waals surface area contributed by atoms with Crippen LogP contribution in [0.1, 0.15) is 13.8 Å². The molecule has 2 heteroatoms. The molecule has 12 heavy (non-hydrogen) atoms. The fourth-order valence-corrected chi connectivity index (χ4v) is 0.844. The quantitative estimate of drug-likeness (QED) is 0.678. The fraction of sp³-hybridized carbons (Fsp3) is 0.400. The van der Waals surface area contributed by atoms with E-state index in [1.54, 1.807) is 6.07 Å². The molecule has 0 aliphatic heterocycles. The summed E-state index contributed by atoms with van der Waals surface area (Å²) in [6.45, 7) is 5.13. The van der Waals surface area contributed by atoms with Crippen LogP contribution in [0.3, 0.4) is 0 Å². The lowest BCUT2D eigenvalue weighted by molar-refractivity contribution is 0.321. The second-order valence-electron chi connectivity index (χ2n) is 2.16. The Balaban J connectivity index is 2.67. The zero-order valence-electron chi connectivity index (χ0n) is 7.39. The van der Waals surface area contributed by atoms with Crippen molar-refractivity contribution in [2.75, 3.05) is 13.2 Å². The molecule has 0 saturated heterocycles. The van der Waals surface area contributed by atoms with Crippen LogP contribution < -0.4 is 9.47 Å². The molecule has 1 rings (SSSR count). The van der Waals surface area contributed by atoms with E-state index in [9.17, 15) is 0 Å². The molecule has 0 aliphatic carbocycles. The van der Waals surface area contributed by atoms with Gasteiger partial charge >= 0.3 is 0 Å². The van der Waals surface area contributed by atoms with Gasteiger partial charge in [0.2, 0.25) is 0 Å². The molecule has 0 N–H and O–H groups in total. The van der Waals surface area contributed by atoms with Crippen molar-refractivity contribution in [3.8, 4) is 11.5 Å². The zero-order chi connectivity index (χ0) is 8.81. The molecule has 0 aromatic heterocycles. The first-order chi connectivity index (χ1) is 5.86. The highest BCUT2D eigenvalue weighted by Crippen LogP contribution is 2.17. The maximum Gasteiger partial charge on any atom is 0.139 e. The van der Waals surface area contributed by atoms with E-state index in [1.807, 2.05) is 19.9 Å². The van der Waals surface area contributed by atoms with E-state index in [0.29, 0.717) is 24.7 Å². The van der Waals surface area contributed by atoms with Gasteiger partial charge in [0.05, 0.1) is 19.3 Å². The van der Waals surface area contributed by atoms with Crippen molar-refractivity contribution in [3.05, 3.63) is 24.3 Å². The Morgan fingerprint density at radius 2 is 2.00 bits per heavy atom. The third-order valence-corrected chi connectivity index (χ3v) is 1.27. The van der Waals surface area contributed by atoms with Crippen molar-refractivity contribution >= 4 is 0 Å². The van der Waals surface area contributed by atoms with Gasteiger partial charge in [0.1, 0.15) is 11.5 Å². The van der Waals surface area contributed by atoms with Crippen LogP contribution in [0.15, 0.2) is 12.1 Å². The number of rotatable bonds is 4. The van der Waals surface area contributed by atoms with E-state index < -0.39 is 0 Å². The van der Waals surface area contributed by atoms with Crippen LogP contribution in [0.5, 0.6) is 11.5 Å². The molecule has 0 spiro atoms. The summed E-state index contributed by atoms with van der Waals surface area (Å²) < 4.78 is 10.4. The zero-order valence-corrected chi connectivity index (χ0v) is 7.39. The van der Waals surface area contributed by atoms with Gasteiger partial charge in [-0.3, -0.25) is 0 Å². The lowest BCUT2D eigenvalue weighted by atomic mass is 10.3. The topological polar surface area (TPSA) is 18.5 Å². The summed E-state index contributed by atoms with van der Waals surface area (Å²) in [5, 5.41) is 0. The molecule has 1 aromatic rings. The SMILES string of the molecule is CCOc1[c]ccc(OCC)[c]1. The van der Waals surface area contributed by atoms with Gasteiger partial charge in [-0.2, -0.15) is 0 Å². The maximum absolute atomic E-state index is 5.24. The average molecular weight is 164 g/mol. The third kappa shape index (κ3) is 2.46. The predicted molar refractivity (Wildman–Crippen MR) is 46.5 cm³/mol. The van der Waals surface area contributed by atoms with Crippen molar-refractivity contribution in [3.63, 3.8) is 0 Å². The Kier molecular flexibility index (Phi) is 3.45. The highest BCUT2D eigenvalue weighted by molar-refractivity contribution is 5.29. The minimum atomic E-state index is 0.614. The van der Waals surface area contributed by atoms with Crippen LogP contribution in [0.25, 0.3) is 0 Å². The van der Waals surface area contributed by atoms with E-state index in [-0.39, 0.29) is 0 Å². The first-order valence-electron chi connectivity index (χ1n) is 4.06. The van der Waals surface area contributed by atoms with Crippen LogP contribution in [-0.2, 0) is 0 Å². The van der Waals surface area contributed by atoms with E-state index >= 15 is 0 Å². The molecular formula is C10H12O2. The lowest BCUT2D eigenvalue weighted by Gasteiger charge is -2.04. The van der Waals surface area contributed by atoms with E-state index in [4.69, 9.17) is 9.47 Å². The van der Waals surface area contributed by atoms with Crippen molar-refractivity contribution in [1.29, 1.82) is 0 Å². The lowest BCUT2D eigenvalue weighted by Crippen LogP contribution is -1.94. The smallest absolute Gasteiger partial charge is 0.139 e. The van der Waals surface area contributed by atoms with Crippen molar-refractivity contribution < 1.29 is 9.47 Å². The molecule has 1 aromatic carbocycles. The molecule has 0 fully saturated rings. The Labute approximate surface area is 73.1 Å². The second-order valence-corrected chi connectivity index (χ2v) is 2.16. The molecule has 0 bridgehead atoms. The molecule has 0 amide bonds. The summed E-state index contributed by atoms with van der Waals surface area (Å²) >= 11 is 0. The maximum atomic E-state index is 5.24. The molecule has 64 valence electrons. The monoisotopic (exact) mass is 164 g/mol. The minimum absolute atomic E-state index is 0.614. The van der Waals surface area contributed by atoms with Gasteiger partial charge < -0.3 is 9.47 Å². The third-order valence-electron chi connectivity index (χ3n) is 1.27. The average Bonchev–Trinajstić information content (AvgIpc) is 2.06. The van der Waals surface area contributed by atoms with Crippen LogP contribution >= 0.6 is 0 Å². The Hall–Kier alpha value is -1.18. The molecule has 2 nitrogen and oxygen atoms in total. The summed E-state index contributed by atoms with van der Waals surface area (Å²) in [5.41, 5.74) is 0. The van der Waals surface area contributed by atoms with Crippen LogP contribution in [0.2, 0.25) is 0 Å². The summed E-state index contributed by atoms with van der Waals surface area (Å²) in [4.78, 5) is 0. The predicted octanol–water partition coefficient (Wildman–Crippen LogP) is 2.08. The van der Waals surface area contributed by atoms with Crippen LogP contribution in [-0.4, -0.2) is 13.2 Å². The molecule has 0 heterocycles. The first kappa shape index (κ1) is 8.91. The highest BCUT2D eigenvalue weighted by atomic mass is 16.5. The van der Waals surface area contributed by atoms with Crippen molar-refractivity contribution in [1.82, 2.24) is 0 Å². The van der Waals surface area contributed by atoms with Crippen LogP contribution in [0.4, 0.5) is 0 Å². The van der Waals surface area contributed by atoms with Gasteiger partial charge in [-0.15, -0.1) is 0 Å². The number of hydrogen-bond acceptors (Lipinski definition) is 2. The summed E-state index contributed by atoms with van der Waals surface area (Å²) in [6.07, 6.45) is 0. The van der Waals surface area contributed by atoms with Gasteiger partial charge in [-0.1, -0.05) is 0 Å². The summed E-state index contributed by atoms with van der Waals surface area (Å²) in [5.74, 6) is 1.32. The first-order valence-corrected chi connectivity index (χ1v) is 4.06. The van der Waals surface area contributed by atoms with Gasteiger partial charge in [-0.25, -0.2) is 0 Å². The molecule has 0 atom stereocenters. The molecule has 2 radical (unpaired) electrons. The number of ether oxygens (including phenoxy) is 2. The highest BCUT2D eigenvalue weighted by Gasteiger charge is 1.96. The Morgan fingerprint density at radius 1 is 1.25 bits per heavy atom. The van der Waals surface area contributed by atoms with Crippen LogP contribution in [0, 0.1) is 12.1 Å². The number of hydrogen-bond donors (Lipinski definition) is 0. The summed E-state index contributed by atoms with van der Waals surface area (Å²) in [7, 11) is 0. The van der Waals surface area contributed by atoms with Crippen molar-refractivity contribution in [2.24, 2.45) is 0 Å². The molecule has 0 unspecified atom stereocenters. The minimum Gasteiger partial charge on any atom is -0.493 e. The number of benzene rings is 1. The standard InChI is InChI=1S/C10H12O2/c1-3-11-9-6-5-7-10(8-9)12-4-2/h5-6H,3-4H2,1-2H3. The Bertz CT molecular complexity index is 212. The van der Waals surface area contributed by atoms with E-state index in [1.165, 1.54) is 0 Å². The largest absolute Gasteiger partial charge is 0.493 e. The van der Waals surface area contributed by atoms with Crippen molar-refractivity contribution in [2.45, 2.75) is 13.8 Å². The van der Waals surface area contributed by atoms with Gasteiger partial charge in [0.15, 0.2) is 0 Å². The van der Waals surface area contributed by atoms with Gasteiger partial charge in [-0.05, 0) is 26.0 Å². The molecular weight excluding hydrogens is 152 g/mol. The van der Waals surface area contributed by atoms with E-state index in [2.05, 4.69) is 12.1 Å². The second kappa shape index (κ2) is 4.65. The molecule has 0 saturated carbocycles. The van der Waals surface area contributed by atoms with E-state index in [0.717, 1.165) is 0 Å². The normalized spacial score (nSPS) is 9.50. The van der Waals surface area contributed by atoms with Gasteiger partial charge in [0, 0.05) is 6.07 Å². The van der Waals surface area contributed by atoms with Gasteiger partial charge in [0.25, 0.3) is 0 Å². The fourth-order valence-electron chi connectivity index (χ4n) is 0.844. The Morgan fingerprint density at radius 3 is 2.67 bits per heavy atom. The summed E-state index contributed by atoms with van der Waals surface area (Å²) in [6, 6.07) is 9.44.